The van der Waals surface area contributed by atoms with Gasteiger partial charge in [-0.1, -0.05) is 17.0 Å². The van der Waals surface area contributed by atoms with Crippen molar-refractivity contribution >= 4 is 11.8 Å². The van der Waals surface area contributed by atoms with Gasteiger partial charge in [-0.15, -0.1) is 0 Å². The van der Waals surface area contributed by atoms with Crippen molar-refractivity contribution in [1.82, 2.24) is 20.0 Å². The fraction of sp³-hybridized carbons (Fsp3) is 0.385. The number of hydrogen-bond acceptors (Lipinski definition) is 8. The van der Waals surface area contributed by atoms with E-state index in [1.54, 1.807) is 35.8 Å². The van der Waals surface area contributed by atoms with Gasteiger partial charge in [0.1, 0.15) is 35.3 Å². The largest absolute Gasteiger partial charge is 0.491 e. The van der Waals surface area contributed by atoms with Crippen LogP contribution in [0.3, 0.4) is 0 Å². The molecule has 11 heteroatoms. The molecule has 5 rings (SSSR count). The number of aryl methyl sites for hydroxylation is 1. The molecule has 2 aromatic heterocycles. The number of carbonyl (C=O) groups is 2. The summed E-state index contributed by atoms with van der Waals surface area (Å²) < 4.78 is 18.0. The molecular formula is C26H27N5O6. The van der Waals surface area contributed by atoms with Gasteiger partial charge in [-0.3, -0.25) is 9.59 Å². The van der Waals surface area contributed by atoms with Gasteiger partial charge in [0.25, 0.3) is 11.8 Å². The lowest BCUT2D eigenvalue weighted by molar-refractivity contribution is 0.0918. The molecular weight excluding hydrogens is 478 g/mol. The second-order valence-electron chi connectivity index (χ2n) is 9.29. The lowest BCUT2D eigenvalue weighted by Gasteiger charge is -2.12. The van der Waals surface area contributed by atoms with E-state index in [2.05, 4.69) is 27.3 Å². The maximum Gasteiger partial charge on any atom is 0.270 e. The van der Waals surface area contributed by atoms with Gasteiger partial charge in [0, 0.05) is 30.7 Å². The minimum atomic E-state index is -1.53. The molecule has 0 radical (unpaired) electrons. The molecule has 2 aliphatic rings. The zero-order valence-electron chi connectivity index (χ0n) is 20.5. The molecule has 2 amide bonds. The Balaban J connectivity index is 1.50. The van der Waals surface area contributed by atoms with Crippen LogP contribution in [-0.2, 0) is 16.9 Å². The summed E-state index contributed by atoms with van der Waals surface area (Å²) in [7, 11) is 0. The van der Waals surface area contributed by atoms with Crippen molar-refractivity contribution in [3.8, 4) is 29.0 Å². The van der Waals surface area contributed by atoms with Crippen LogP contribution in [0.2, 0.25) is 0 Å². The number of fused-ring (bicyclic) bond motifs is 3. The van der Waals surface area contributed by atoms with Crippen LogP contribution in [0.15, 0.2) is 28.8 Å². The molecule has 1 unspecified atom stereocenters. The molecule has 11 nitrogen and oxygen atoms in total. The number of amides is 2. The van der Waals surface area contributed by atoms with E-state index in [4.69, 9.17) is 19.7 Å². The number of nitrogens with zero attached hydrogens (tertiary/aromatic N) is 3. The second-order valence-corrected chi connectivity index (χ2v) is 9.29. The SMILES string of the molecule is Cc1cc([C@](C)(O)C#Cc2ccc3c(c2)-c2nc(C(N)=O)c(C(=O)NCC4CCOC4)n2CCO3)no1. The topological polar surface area (TPSA) is 155 Å². The Morgan fingerprint density at radius 1 is 1.32 bits per heavy atom. The van der Waals surface area contributed by atoms with Crippen LogP contribution in [0, 0.1) is 24.7 Å². The van der Waals surface area contributed by atoms with Gasteiger partial charge < -0.3 is 34.7 Å². The van der Waals surface area contributed by atoms with Crippen LogP contribution in [0.1, 0.15) is 51.3 Å². The van der Waals surface area contributed by atoms with Crippen LogP contribution in [0.4, 0.5) is 0 Å². The standard InChI is InChI=1S/C26H27N5O6/c1-15-11-20(30-37-15)26(2,34)7-5-16-3-4-19-18(12-16)24-29-21(23(27)32)22(31(24)8-10-36-19)25(33)28-13-17-6-9-35-14-17/h3-4,11-12,17,34H,6,8-10,13-14H2,1-2H3,(H2,27,32)(H,28,33)/t17?,26-/m1/s1. The van der Waals surface area contributed by atoms with Crippen LogP contribution < -0.4 is 15.8 Å². The quantitative estimate of drug-likeness (QED) is 0.439. The van der Waals surface area contributed by atoms with Gasteiger partial charge in [0.05, 0.1) is 18.7 Å². The number of benzene rings is 1. The Hall–Kier alpha value is -4.14. The number of primary amides is 1. The van der Waals surface area contributed by atoms with E-state index in [1.807, 2.05) is 0 Å². The smallest absolute Gasteiger partial charge is 0.270 e. The fourth-order valence-corrected chi connectivity index (χ4v) is 4.35. The Morgan fingerprint density at radius 3 is 2.86 bits per heavy atom. The third-order valence-electron chi connectivity index (χ3n) is 6.36. The first-order chi connectivity index (χ1) is 17.7. The second kappa shape index (κ2) is 9.72. The maximum absolute atomic E-state index is 13.2. The van der Waals surface area contributed by atoms with Gasteiger partial charge in [0.2, 0.25) is 0 Å². The highest BCUT2D eigenvalue weighted by Gasteiger charge is 2.30. The Morgan fingerprint density at radius 2 is 2.16 bits per heavy atom. The van der Waals surface area contributed by atoms with E-state index >= 15 is 0 Å². The molecule has 37 heavy (non-hydrogen) atoms. The maximum atomic E-state index is 13.2. The minimum Gasteiger partial charge on any atom is -0.491 e. The molecule has 2 atom stereocenters. The Kier molecular flexibility index (Phi) is 6.45. The summed E-state index contributed by atoms with van der Waals surface area (Å²) in [5.74, 6) is 6.22. The summed E-state index contributed by atoms with van der Waals surface area (Å²) in [5.41, 5.74) is 5.48. The third kappa shape index (κ3) is 4.94. The van der Waals surface area contributed by atoms with Crippen molar-refractivity contribution in [3.63, 3.8) is 0 Å². The zero-order valence-corrected chi connectivity index (χ0v) is 20.5. The predicted molar refractivity (Wildman–Crippen MR) is 131 cm³/mol. The van der Waals surface area contributed by atoms with E-state index in [0.29, 0.717) is 60.5 Å². The van der Waals surface area contributed by atoms with E-state index in [0.717, 1.165) is 6.42 Å². The van der Waals surface area contributed by atoms with Gasteiger partial charge in [0.15, 0.2) is 11.3 Å². The van der Waals surface area contributed by atoms with Crippen LogP contribution >= 0.6 is 0 Å². The first-order valence-electron chi connectivity index (χ1n) is 12.0. The normalized spacial score (nSPS) is 17.9. The fourth-order valence-electron chi connectivity index (χ4n) is 4.35. The number of imidazole rings is 1. The van der Waals surface area contributed by atoms with Crippen molar-refractivity contribution in [2.45, 2.75) is 32.4 Å². The van der Waals surface area contributed by atoms with Gasteiger partial charge in [-0.25, -0.2) is 4.98 Å². The van der Waals surface area contributed by atoms with Crippen molar-refractivity contribution < 1.29 is 28.7 Å². The first-order valence-corrected chi connectivity index (χ1v) is 12.0. The molecule has 4 heterocycles. The van der Waals surface area contributed by atoms with Crippen LogP contribution in [-0.4, -0.2) is 58.0 Å². The van der Waals surface area contributed by atoms with Crippen molar-refractivity contribution in [3.05, 3.63) is 52.7 Å². The monoisotopic (exact) mass is 505 g/mol. The van der Waals surface area contributed by atoms with Crippen LogP contribution in [0.5, 0.6) is 5.75 Å². The number of rotatable bonds is 5. The number of ether oxygens (including phenoxy) is 2. The first kappa shape index (κ1) is 24.5. The molecule has 0 saturated carbocycles. The lowest BCUT2D eigenvalue weighted by atomic mass is 10.0. The molecule has 192 valence electrons. The number of hydrogen-bond donors (Lipinski definition) is 3. The lowest BCUT2D eigenvalue weighted by Crippen LogP contribution is -2.33. The molecule has 1 saturated heterocycles. The van der Waals surface area contributed by atoms with Crippen LogP contribution in [0.25, 0.3) is 11.4 Å². The number of aliphatic hydroxyl groups is 1. The summed E-state index contributed by atoms with van der Waals surface area (Å²) in [6.45, 7) is 5.49. The summed E-state index contributed by atoms with van der Waals surface area (Å²) >= 11 is 0. The van der Waals surface area contributed by atoms with E-state index in [9.17, 15) is 14.7 Å². The molecule has 1 aromatic carbocycles. The Bertz CT molecular complexity index is 1420. The Labute approximate surface area is 212 Å². The number of aromatic nitrogens is 3. The number of nitrogens with two attached hydrogens (primary N) is 1. The highest BCUT2D eigenvalue weighted by molar-refractivity contribution is 6.05. The summed E-state index contributed by atoms with van der Waals surface area (Å²) in [5, 5.41) is 17.5. The predicted octanol–water partition coefficient (Wildman–Crippen LogP) is 1.36. The van der Waals surface area contributed by atoms with Crippen molar-refractivity contribution in [2.24, 2.45) is 11.7 Å². The van der Waals surface area contributed by atoms with E-state index in [-0.39, 0.29) is 23.9 Å². The molecule has 4 N–H and O–H groups in total. The number of carbonyl (C=O) groups excluding carboxylic acids is 2. The zero-order chi connectivity index (χ0) is 26.2. The van der Waals surface area contributed by atoms with E-state index in [1.165, 1.54) is 6.92 Å². The third-order valence-corrected chi connectivity index (χ3v) is 6.36. The van der Waals surface area contributed by atoms with Crippen molar-refractivity contribution in [2.75, 3.05) is 26.4 Å². The average molecular weight is 506 g/mol. The summed E-state index contributed by atoms with van der Waals surface area (Å²) in [6, 6.07) is 6.84. The molecule has 0 bridgehead atoms. The van der Waals surface area contributed by atoms with Gasteiger partial charge in [-0.05, 0) is 38.5 Å². The summed E-state index contributed by atoms with van der Waals surface area (Å²) in [4.78, 5) is 29.9. The summed E-state index contributed by atoms with van der Waals surface area (Å²) in [6.07, 6.45) is 0.863. The average Bonchev–Trinajstić information content (AvgIpc) is 3.60. The highest BCUT2D eigenvalue weighted by Crippen LogP contribution is 2.34. The molecule has 0 aliphatic carbocycles. The minimum absolute atomic E-state index is 0.0960. The molecule has 2 aliphatic heterocycles. The van der Waals surface area contributed by atoms with Gasteiger partial charge in [-0.2, -0.15) is 0 Å². The van der Waals surface area contributed by atoms with E-state index < -0.39 is 17.4 Å². The van der Waals surface area contributed by atoms with Crippen molar-refractivity contribution in [1.29, 1.82) is 0 Å². The molecule has 3 aromatic rings. The highest BCUT2D eigenvalue weighted by atomic mass is 16.5. The molecule has 1 fully saturated rings. The molecule has 0 spiro atoms. The van der Waals surface area contributed by atoms with Gasteiger partial charge >= 0.3 is 0 Å². The number of nitrogens with one attached hydrogen (secondary N) is 1.